The van der Waals surface area contributed by atoms with Gasteiger partial charge in [0.2, 0.25) is 0 Å². The zero-order valence-corrected chi connectivity index (χ0v) is 13.0. The summed E-state index contributed by atoms with van der Waals surface area (Å²) in [5.41, 5.74) is 0.521. The fourth-order valence-corrected chi connectivity index (χ4v) is 1.68. The Bertz CT molecular complexity index is 371. The molecule has 0 aromatic heterocycles. The van der Waals surface area contributed by atoms with Gasteiger partial charge in [-0.25, -0.2) is 4.79 Å². The van der Waals surface area contributed by atoms with E-state index in [0.29, 0.717) is 32.0 Å². The van der Waals surface area contributed by atoms with Crippen molar-refractivity contribution in [1.82, 2.24) is 0 Å². The number of carbonyl (C=O) groups is 1. The van der Waals surface area contributed by atoms with Crippen molar-refractivity contribution in [2.45, 2.75) is 32.3 Å². The fraction of sp³-hybridized carbons (Fsp3) is 0.800. The third kappa shape index (κ3) is 6.02. The molecule has 2 saturated heterocycles. The van der Waals surface area contributed by atoms with Gasteiger partial charge >= 0.3 is 5.97 Å². The van der Waals surface area contributed by atoms with Crippen LogP contribution in [-0.2, 0) is 28.5 Å². The SMILES string of the molecule is CC=C(C)C(=O)OCC(CO)C(OCC1CO1)OCC1CO1. The smallest absolute Gasteiger partial charge is 0.333 e. The summed E-state index contributed by atoms with van der Waals surface area (Å²) in [6.45, 7) is 5.42. The Labute approximate surface area is 130 Å². The number of esters is 1. The van der Waals surface area contributed by atoms with Crippen LogP contribution in [0.1, 0.15) is 13.8 Å². The highest BCUT2D eigenvalue weighted by atomic mass is 16.7. The lowest BCUT2D eigenvalue weighted by molar-refractivity contribution is -0.194. The topological polar surface area (TPSA) is 90.1 Å². The molecular weight excluding hydrogens is 292 g/mol. The number of allylic oxidation sites excluding steroid dienone is 1. The Morgan fingerprint density at radius 1 is 1.27 bits per heavy atom. The highest BCUT2D eigenvalue weighted by molar-refractivity contribution is 5.87. The summed E-state index contributed by atoms with van der Waals surface area (Å²) in [5.74, 6) is -0.859. The summed E-state index contributed by atoms with van der Waals surface area (Å²) in [4.78, 5) is 11.7. The molecule has 2 heterocycles. The van der Waals surface area contributed by atoms with E-state index in [4.69, 9.17) is 23.7 Å². The summed E-state index contributed by atoms with van der Waals surface area (Å²) >= 11 is 0. The van der Waals surface area contributed by atoms with Crippen molar-refractivity contribution in [3.05, 3.63) is 11.6 Å². The minimum atomic E-state index is -0.655. The van der Waals surface area contributed by atoms with Crippen LogP contribution in [0.3, 0.4) is 0 Å². The van der Waals surface area contributed by atoms with Gasteiger partial charge in [0.15, 0.2) is 6.29 Å². The van der Waals surface area contributed by atoms with Crippen molar-refractivity contribution >= 4 is 5.97 Å². The number of carbonyl (C=O) groups excluding carboxylic acids is 1. The van der Waals surface area contributed by atoms with Gasteiger partial charge in [0.1, 0.15) is 18.8 Å². The van der Waals surface area contributed by atoms with Gasteiger partial charge < -0.3 is 28.8 Å². The van der Waals surface area contributed by atoms with Crippen LogP contribution in [0.2, 0.25) is 0 Å². The van der Waals surface area contributed by atoms with Crippen molar-refractivity contribution in [3.8, 4) is 0 Å². The maximum atomic E-state index is 11.7. The summed E-state index contributed by atoms with van der Waals surface area (Å²) in [7, 11) is 0. The van der Waals surface area contributed by atoms with Gasteiger partial charge in [0.05, 0.1) is 39.0 Å². The second-order valence-electron chi connectivity index (χ2n) is 5.46. The minimum absolute atomic E-state index is 0.0300. The van der Waals surface area contributed by atoms with Gasteiger partial charge in [0, 0.05) is 5.57 Å². The molecule has 0 amide bonds. The first-order valence-electron chi connectivity index (χ1n) is 7.51. The quantitative estimate of drug-likeness (QED) is 0.253. The predicted octanol–water partition coefficient (Wildman–Crippen LogP) is 0.261. The second kappa shape index (κ2) is 8.59. The standard InChI is InChI=1S/C15H24O7/c1-3-10(2)14(17)20-5-11(4-16)15(21-8-12-6-18-12)22-9-13-7-19-13/h3,11-13,15-16H,4-9H2,1-2H3. The number of aliphatic hydroxyl groups excluding tert-OH is 1. The summed E-state index contributed by atoms with van der Waals surface area (Å²) in [6.07, 6.45) is 1.21. The molecule has 2 fully saturated rings. The molecule has 22 heavy (non-hydrogen) atoms. The van der Waals surface area contributed by atoms with Gasteiger partial charge in [-0.1, -0.05) is 6.08 Å². The van der Waals surface area contributed by atoms with Crippen molar-refractivity contribution in [1.29, 1.82) is 0 Å². The monoisotopic (exact) mass is 316 g/mol. The van der Waals surface area contributed by atoms with Crippen molar-refractivity contribution < 1.29 is 33.6 Å². The van der Waals surface area contributed by atoms with Crippen LogP contribution < -0.4 is 0 Å². The molecule has 1 N–H and O–H groups in total. The predicted molar refractivity (Wildman–Crippen MR) is 76.1 cm³/mol. The first-order chi connectivity index (χ1) is 10.6. The molecule has 7 nitrogen and oxygen atoms in total. The van der Waals surface area contributed by atoms with E-state index in [1.165, 1.54) is 0 Å². The molecule has 2 aliphatic rings. The molecule has 2 rings (SSSR count). The molecule has 3 unspecified atom stereocenters. The molecule has 2 aliphatic heterocycles. The lowest BCUT2D eigenvalue weighted by Gasteiger charge is -2.25. The van der Waals surface area contributed by atoms with Gasteiger partial charge in [-0.05, 0) is 13.8 Å². The highest BCUT2D eigenvalue weighted by Crippen LogP contribution is 2.18. The van der Waals surface area contributed by atoms with E-state index in [9.17, 15) is 9.90 Å². The third-order valence-electron chi connectivity index (χ3n) is 3.50. The number of hydrogen-bond donors (Lipinski definition) is 1. The molecular formula is C15H24O7. The molecule has 0 bridgehead atoms. The zero-order valence-electron chi connectivity index (χ0n) is 13.0. The minimum Gasteiger partial charge on any atom is -0.462 e. The van der Waals surface area contributed by atoms with Crippen LogP contribution >= 0.6 is 0 Å². The van der Waals surface area contributed by atoms with Crippen molar-refractivity contribution in [2.75, 3.05) is 39.6 Å². The lowest BCUT2D eigenvalue weighted by Crippen LogP contribution is -2.36. The Balaban J connectivity index is 1.80. The van der Waals surface area contributed by atoms with Crippen molar-refractivity contribution in [3.63, 3.8) is 0 Å². The number of aliphatic hydroxyl groups is 1. The molecule has 0 aromatic rings. The van der Waals surface area contributed by atoms with Gasteiger partial charge in [-0.2, -0.15) is 0 Å². The average molecular weight is 316 g/mol. The van der Waals surface area contributed by atoms with Crippen LogP contribution in [0.5, 0.6) is 0 Å². The summed E-state index contributed by atoms with van der Waals surface area (Å²) in [5, 5.41) is 9.54. The third-order valence-corrected chi connectivity index (χ3v) is 3.50. The van der Waals surface area contributed by atoms with Gasteiger partial charge in [0.25, 0.3) is 0 Å². The van der Waals surface area contributed by atoms with Gasteiger partial charge in [-0.3, -0.25) is 0 Å². The van der Waals surface area contributed by atoms with E-state index in [1.54, 1.807) is 19.9 Å². The average Bonchev–Trinajstić information content (AvgIpc) is 3.41. The lowest BCUT2D eigenvalue weighted by atomic mass is 10.1. The van der Waals surface area contributed by atoms with E-state index in [0.717, 1.165) is 0 Å². The van der Waals surface area contributed by atoms with E-state index >= 15 is 0 Å². The molecule has 7 heteroatoms. The van der Waals surface area contributed by atoms with E-state index in [-0.39, 0.29) is 25.4 Å². The van der Waals surface area contributed by atoms with Crippen LogP contribution in [0, 0.1) is 5.92 Å². The second-order valence-corrected chi connectivity index (χ2v) is 5.46. The normalized spacial score (nSPS) is 26.4. The number of epoxide rings is 2. The first-order valence-corrected chi connectivity index (χ1v) is 7.51. The van der Waals surface area contributed by atoms with E-state index < -0.39 is 18.2 Å². The fourth-order valence-electron chi connectivity index (χ4n) is 1.68. The van der Waals surface area contributed by atoms with Gasteiger partial charge in [-0.15, -0.1) is 0 Å². The molecule has 0 aliphatic carbocycles. The van der Waals surface area contributed by atoms with Crippen LogP contribution in [-0.4, -0.2) is 69.2 Å². The number of ether oxygens (including phenoxy) is 5. The Kier molecular flexibility index (Phi) is 6.78. The largest absolute Gasteiger partial charge is 0.462 e. The zero-order chi connectivity index (χ0) is 15.9. The molecule has 126 valence electrons. The maximum absolute atomic E-state index is 11.7. The van der Waals surface area contributed by atoms with E-state index in [2.05, 4.69) is 0 Å². The molecule has 0 spiro atoms. The first kappa shape index (κ1) is 17.4. The molecule has 0 radical (unpaired) electrons. The van der Waals surface area contributed by atoms with Crippen LogP contribution in [0.25, 0.3) is 0 Å². The maximum Gasteiger partial charge on any atom is 0.333 e. The number of hydrogen-bond acceptors (Lipinski definition) is 7. The Morgan fingerprint density at radius 2 is 1.82 bits per heavy atom. The summed E-state index contributed by atoms with van der Waals surface area (Å²) in [6, 6.07) is 0. The number of rotatable bonds is 11. The summed E-state index contributed by atoms with van der Waals surface area (Å²) < 4.78 is 26.7. The van der Waals surface area contributed by atoms with Crippen LogP contribution in [0.15, 0.2) is 11.6 Å². The Hall–Kier alpha value is -0.990. The molecule has 3 atom stereocenters. The highest BCUT2D eigenvalue weighted by Gasteiger charge is 2.31. The van der Waals surface area contributed by atoms with Crippen LogP contribution in [0.4, 0.5) is 0 Å². The Morgan fingerprint density at radius 3 is 2.23 bits per heavy atom. The van der Waals surface area contributed by atoms with E-state index in [1.807, 2.05) is 0 Å². The van der Waals surface area contributed by atoms with Crippen molar-refractivity contribution in [2.24, 2.45) is 5.92 Å². The molecule has 0 saturated carbocycles. The molecule has 0 aromatic carbocycles.